The van der Waals surface area contributed by atoms with Crippen molar-refractivity contribution in [1.29, 1.82) is 0 Å². The molecule has 0 bridgehead atoms. The second-order valence-electron chi connectivity index (χ2n) is 1.23. The van der Waals surface area contributed by atoms with Crippen LogP contribution in [0.1, 0.15) is 0 Å². The SMILES string of the molecule is NC1=CI=C(N)I=C1. The van der Waals surface area contributed by atoms with Crippen molar-refractivity contribution in [2.45, 2.75) is 0 Å². The lowest BCUT2D eigenvalue weighted by Gasteiger charge is -1.94. The third kappa shape index (κ3) is 1.90. The lowest BCUT2D eigenvalue weighted by atomic mass is 10.6. The van der Waals surface area contributed by atoms with Gasteiger partial charge in [0.1, 0.15) is 0 Å². The van der Waals surface area contributed by atoms with Crippen LogP contribution in [0.3, 0.4) is 0 Å². The predicted octanol–water partition coefficient (Wildman–Crippen LogP) is 0.590. The monoisotopic (exact) mass is 336 g/mol. The van der Waals surface area contributed by atoms with Crippen LogP contribution in [-0.2, 0) is 0 Å². The lowest BCUT2D eigenvalue weighted by molar-refractivity contribution is 1.55. The maximum atomic E-state index is 5.58. The molecule has 0 aromatic heterocycles. The normalized spacial score (nSPS) is 19.6. The molecule has 0 amide bonds. The summed E-state index contributed by atoms with van der Waals surface area (Å²) >= 11 is 0.0735. The van der Waals surface area contributed by atoms with E-state index in [0.29, 0.717) is 0 Å². The summed E-state index contributed by atoms with van der Waals surface area (Å²) in [5, 5.41) is 0. The minimum Gasteiger partial charge on any atom is -0.398 e. The molecule has 0 unspecified atom stereocenters. The van der Waals surface area contributed by atoms with Crippen molar-refractivity contribution in [2.24, 2.45) is 11.5 Å². The van der Waals surface area contributed by atoms with Gasteiger partial charge in [0.25, 0.3) is 0 Å². The first-order chi connectivity index (χ1) is 3.79. The van der Waals surface area contributed by atoms with Gasteiger partial charge in [0.2, 0.25) is 0 Å². The van der Waals surface area contributed by atoms with Crippen molar-refractivity contribution in [2.75, 3.05) is 0 Å². The highest BCUT2D eigenvalue weighted by Gasteiger charge is 1.89. The Labute approximate surface area is 67.8 Å². The Morgan fingerprint density at radius 2 is 2.12 bits per heavy atom. The molecular formula is C4H6I2N2. The summed E-state index contributed by atoms with van der Waals surface area (Å²) < 4.78 is 5.35. The van der Waals surface area contributed by atoms with E-state index in [1.165, 1.54) is 1.64 Å². The maximum Gasteiger partial charge on any atom is 0.0788 e. The van der Waals surface area contributed by atoms with Crippen molar-refractivity contribution in [3.8, 4) is 0 Å². The number of rotatable bonds is 0. The van der Waals surface area contributed by atoms with Crippen molar-refractivity contribution in [1.82, 2.24) is 0 Å². The van der Waals surface area contributed by atoms with E-state index in [1.54, 1.807) is 0 Å². The van der Waals surface area contributed by atoms with Crippen molar-refractivity contribution >= 4 is 47.1 Å². The standard InChI is InChI=1S/C4H6I2N2/c7-3-1-5-4(8)6-2-3/h1-2H,7-8H2. The number of hydrogen-bond acceptors (Lipinski definition) is 2. The number of hydrogen-bond donors (Lipinski definition) is 2. The van der Waals surface area contributed by atoms with Gasteiger partial charge in [-0.25, -0.2) is 0 Å². The van der Waals surface area contributed by atoms with Crippen LogP contribution in [0.15, 0.2) is 9.78 Å². The van der Waals surface area contributed by atoms with Crippen LogP contribution in [0.4, 0.5) is 0 Å². The summed E-state index contributed by atoms with van der Waals surface area (Å²) in [7, 11) is 0. The molecule has 8 heavy (non-hydrogen) atoms. The van der Waals surface area contributed by atoms with E-state index < -0.39 is 0 Å². The summed E-state index contributed by atoms with van der Waals surface area (Å²) in [5.74, 6) is 0. The Bertz CT molecular complexity index is 160. The molecule has 0 fully saturated rings. The Morgan fingerprint density at radius 1 is 1.38 bits per heavy atom. The average Bonchev–Trinajstić information content (AvgIpc) is 1.77. The van der Waals surface area contributed by atoms with E-state index in [4.69, 9.17) is 11.5 Å². The van der Waals surface area contributed by atoms with Crippen LogP contribution in [0, 0.1) is 0 Å². The van der Waals surface area contributed by atoms with E-state index in [2.05, 4.69) is 8.09 Å². The quantitative estimate of drug-likeness (QED) is 0.503. The fourth-order valence-corrected chi connectivity index (χ4v) is 5.27. The van der Waals surface area contributed by atoms with E-state index in [-0.39, 0.29) is 41.5 Å². The molecule has 0 saturated carbocycles. The van der Waals surface area contributed by atoms with E-state index in [0.717, 1.165) is 5.70 Å². The second kappa shape index (κ2) is 3.02. The van der Waals surface area contributed by atoms with Crippen LogP contribution in [0.2, 0.25) is 0 Å². The van der Waals surface area contributed by atoms with E-state index in [9.17, 15) is 0 Å². The minimum absolute atomic E-state index is 0.0368. The molecule has 2 nitrogen and oxygen atoms in total. The second-order valence-corrected chi connectivity index (χ2v) is 8.11. The van der Waals surface area contributed by atoms with Gasteiger partial charge in [-0.1, -0.05) is 41.5 Å². The topological polar surface area (TPSA) is 52.0 Å². The molecule has 0 aromatic carbocycles. The van der Waals surface area contributed by atoms with Gasteiger partial charge in [-0.2, -0.15) is 0 Å². The Kier molecular flexibility index (Phi) is 2.57. The molecule has 4 heteroatoms. The van der Waals surface area contributed by atoms with Gasteiger partial charge in [0.05, 0.1) is 1.64 Å². The number of allylic oxidation sites excluding steroid dienone is 1. The van der Waals surface area contributed by atoms with Crippen LogP contribution >= 0.6 is 41.5 Å². The smallest absolute Gasteiger partial charge is 0.0788 e. The fourth-order valence-electron chi connectivity index (χ4n) is 0.278. The third-order valence-corrected chi connectivity index (χ3v) is 6.98. The van der Waals surface area contributed by atoms with Crippen LogP contribution in [0.25, 0.3) is 0 Å². The fraction of sp³-hybridized carbons (Fsp3) is 0. The molecule has 0 aliphatic carbocycles. The van der Waals surface area contributed by atoms with Gasteiger partial charge < -0.3 is 5.73 Å². The molecule has 1 aliphatic heterocycles. The maximum absolute atomic E-state index is 5.58. The van der Waals surface area contributed by atoms with Gasteiger partial charge >= 0.3 is 0 Å². The van der Waals surface area contributed by atoms with Crippen LogP contribution in [0.5, 0.6) is 0 Å². The van der Waals surface area contributed by atoms with Crippen LogP contribution < -0.4 is 11.5 Å². The third-order valence-electron chi connectivity index (χ3n) is 0.570. The minimum atomic E-state index is 0.0368. The van der Waals surface area contributed by atoms with Crippen molar-refractivity contribution in [3.63, 3.8) is 0 Å². The highest BCUT2D eigenvalue weighted by molar-refractivity contribution is 14.3. The summed E-state index contributed by atoms with van der Waals surface area (Å²) in [6, 6.07) is 0. The van der Waals surface area contributed by atoms with E-state index in [1.807, 2.05) is 0 Å². The van der Waals surface area contributed by atoms with Gasteiger partial charge in [-0.05, 0) is 8.09 Å². The molecule has 0 aromatic rings. The molecule has 0 saturated heterocycles. The summed E-state index contributed by atoms with van der Waals surface area (Å²) in [6.45, 7) is 0. The first-order valence-electron chi connectivity index (χ1n) is 1.97. The molecule has 1 heterocycles. The molecule has 0 atom stereocenters. The molecule has 1 rings (SSSR count). The predicted molar refractivity (Wildman–Crippen MR) is 55.6 cm³/mol. The number of halogens is 2. The highest BCUT2D eigenvalue weighted by atomic mass is 127. The molecule has 0 spiro atoms. The van der Waals surface area contributed by atoms with Crippen LogP contribution in [-0.4, -0.2) is 5.65 Å². The number of nitrogens with two attached hydrogens (primary N) is 2. The van der Waals surface area contributed by atoms with Crippen molar-refractivity contribution in [3.05, 3.63) is 9.78 Å². The Hall–Kier alpha value is 0.700. The zero-order valence-corrected chi connectivity index (χ0v) is 8.38. The van der Waals surface area contributed by atoms with Gasteiger partial charge in [-0.3, -0.25) is 5.73 Å². The van der Waals surface area contributed by atoms with Crippen molar-refractivity contribution < 1.29 is 0 Å². The summed E-state index contributed by atoms with van der Waals surface area (Å²) in [4.78, 5) is 0. The summed E-state index contributed by atoms with van der Waals surface area (Å²) in [5.41, 5.74) is 12.0. The highest BCUT2D eigenvalue weighted by Crippen LogP contribution is 2.15. The molecule has 4 N–H and O–H groups in total. The zero-order valence-electron chi connectivity index (χ0n) is 4.07. The lowest BCUT2D eigenvalue weighted by Crippen LogP contribution is -2.04. The van der Waals surface area contributed by atoms with Gasteiger partial charge in [0.15, 0.2) is 0 Å². The zero-order chi connectivity index (χ0) is 5.98. The molecule has 0 radical (unpaired) electrons. The Morgan fingerprint density at radius 3 is 2.50 bits per heavy atom. The molecule has 1 aliphatic rings. The van der Waals surface area contributed by atoms with E-state index >= 15 is 0 Å². The van der Waals surface area contributed by atoms with Gasteiger partial charge in [0, 0.05) is 5.70 Å². The largest absolute Gasteiger partial charge is 0.398 e. The Balaban J connectivity index is 2.86. The average molecular weight is 336 g/mol. The molecular weight excluding hydrogens is 330 g/mol. The van der Waals surface area contributed by atoms with Gasteiger partial charge in [-0.15, -0.1) is 0 Å². The first kappa shape index (κ1) is 6.81. The first-order valence-corrected chi connectivity index (χ1v) is 6.62. The summed E-state index contributed by atoms with van der Waals surface area (Å²) in [6.07, 6.45) is 0. The molecule has 46 valence electrons.